The molecule has 0 saturated carbocycles. The fourth-order valence-corrected chi connectivity index (χ4v) is 1.36. The lowest BCUT2D eigenvalue weighted by Gasteiger charge is -2.09. The highest BCUT2D eigenvalue weighted by Crippen LogP contribution is 2.12. The van der Waals surface area contributed by atoms with Gasteiger partial charge in [-0.25, -0.2) is 0 Å². The maximum Gasteiger partial charge on any atom is 0.228 e. The van der Waals surface area contributed by atoms with Crippen LogP contribution >= 0.6 is 0 Å². The first kappa shape index (κ1) is 12.3. The van der Waals surface area contributed by atoms with Gasteiger partial charge < -0.3 is 5.32 Å². The molecule has 0 spiro atoms. The second kappa shape index (κ2) is 5.97. The third-order valence-electron chi connectivity index (χ3n) is 2.50. The summed E-state index contributed by atoms with van der Waals surface area (Å²) in [6.45, 7) is 3.93. The van der Waals surface area contributed by atoms with Gasteiger partial charge in [0, 0.05) is 18.0 Å². The lowest BCUT2D eigenvalue weighted by Crippen LogP contribution is -2.19. The molecule has 1 aromatic rings. The van der Waals surface area contributed by atoms with Crippen molar-refractivity contribution in [3.63, 3.8) is 0 Å². The van der Waals surface area contributed by atoms with E-state index in [0.29, 0.717) is 6.42 Å². The summed E-state index contributed by atoms with van der Waals surface area (Å²) in [6.07, 6.45) is 6.64. The van der Waals surface area contributed by atoms with Gasteiger partial charge in [-0.1, -0.05) is 26.0 Å². The van der Waals surface area contributed by atoms with E-state index < -0.39 is 0 Å². The molecule has 0 radical (unpaired) electrons. The molecule has 1 N–H and O–H groups in total. The van der Waals surface area contributed by atoms with E-state index in [1.54, 1.807) is 0 Å². The van der Waals surface area contributed by atoms with Gasteiger partial charge in [0.2, 0.25) is 5.91 Å². The number of nitrogens with one attached hydrogen (secondary N) is 1. The van der Waals surface area contributed by atoms with Gasteiger partial charge in [-0.15, -0.1) is 12.3 Å². The van der Waals surface area contributed by atoms with Crippen LogP contribution in [0.5, 0.6) is 0 Å². The van der Waals surface area contributed by atoms with Gasteiger partial charge in [-0.2, -0.15) is 0 Å². The first-order chi connectivity index (χ1) is 7.67. The van der Waals surface area contributed by atoms with Crippen LogP contribution in [-0.2, 0) is 11.2 Å². The van der Waals surface area contributed by atoms with Crippen LogP contribution < -0.4 is 5.32 Å². The maximum absolute atomic E-state index is 11.7. The van der Waals surface area contributed by atoms with Crippen molar-refractivity contribution in [3.05, 3.63) is 29.8 Å². The van der Waals surface area contributed by atoms with E-state index in [2.05, 4.69) is 18.2 Å². The fourth-order valence-electron chi connectivity index (χ4n) is 1.36. The molecular weight excluding hydrogens is 198 g/mol. The molecule has 1 unspecified atom stereocenters. The maximum atomic E-state index is 11.7. The smallest absolute Gasteiger partial charge is 0.228 e. The van der Waals surface area contributed by atoms with Crippen LogP contribution in [0.4, 0.5) is 5.69 Å². The van der Waals surface area contributed by atoms with Gasteiger partial charge in [-0.3, -0.25) is 4.79 Å². The van der Waals surface area contributed by atoms with Crippen LogP contribution in [0.1, 0.15) is 25.8 Å². The molecule has 2 nitrogen and oxygen atoms in total. The molecule has 0 aliphatic carbocycles. The standard InChI is InChI=1S/C14H17NO/c1-4-6-11(3)14(16)15-13-9-7-12(5-2)8-10-13/h1,7-11H,5-6H2,2-3H3,(H,15,16). The first-order valence-corrected chi connectivity index (χ1v) is 5.50. The summed E-state index contributed by atoms with van der Waals surface area (Å²) in [4.78, 5) is 11.7. The summed E-state index contributed by atoms with van der Waals surface area (Å²) in [7, 11) is 0. The van der Waals surface area contributed by atoms with Crippen molar-refractivity contribution >= 4 is 11.6 Å². The zero-order chi connectivity index (χ0) is 12.0. The molecule has 16 heavy (non-hydrogen) atoms. The Morgan fingerprint density at radius 1 is 1.44 bits per heavy atom. The average molecular weight is 215 g/mol. The number of hydrogen-bond donors (Lipinski definition) is 1. The Kier molecular flexibility index (Phi) is 4.60. The van der Waals surface area contributed by atoms with E-state index in [1.165, 1.54) is 5.56 Å². The number of benzene rings is 1. The fraction of sp³-hybridized carbons (Fsp3) is 0.357. The lowest BCUT2D eigenvalue weighted by molar-refractivity contribution is -0.119. The largest absolute Gasteiger partial charge is 0.326 e. The summed E-state index contributed by atoms with van der Waals surface area (Å²) >= 11 is 0. The van der Waals surface area contributed by atoms with E-state index in [9.17, 15) is 4.79 Å². The summed E-state index contributed by atoms with van der Waals surface area (Å²) in [5, 5.41) is 2.84. The zero-order valence-electron chi connectivity index (χ0n) is 9.79. The van der Waals surface area contributed by atoms with Crippen LogP contribution in [-0.4, -0.2) is 5.91 Å². The van der Waals surface area contributed by atoms with Gasteiger partial charge in [0.1, 0.15) is 0 Å². The second-order valence-corrected chi connectivity index (χ2v) is 3.85. The van der Waals surface area contributed by atoms with Crippen LogP contribution in [0.15, 0.2) is 24.3 Å². The molecule has 1 atom stereocenters. The Morgan fingerprint density at radius 3 is 2.56 bits per heavy atom. The van der Waals surface area contributed by atoms with Gasteiger partial charge >= 0.3 is 0 Å². The molecule has 0 heterocycles. The van der Waals surface area contributed by atoms with Crippen molar-refractivity contribution in [2.45, 2.75) is 26.7 Å². The Morgan fingerprint density at radius 2 is 2.06 bits per heavy atom. The number of terminal acetylenes is 1. The van der Waals surface area contributed by atoms with Crippen molar-refractivity contribution in [1.29, 1.82) is 0 Å². The minimum absolute atomic E-state index is 0.0257. The van der Waals surface area contributed by atoms with E-state index in [4.69, 9.17) is 6.42 Å². The van der Waals surface area contributed by atoms with Crippen LogP contribution in [0.2, 0.25) is 0 Å². The molecule has 1 amide bonds. The predicted molar refractivity (Wildman–Crippen MR) is 67.1 cm³/mol. The number of anilines is 1. The molecule has 0 aliphatic heterocycles. The number of carbonyl (C=O) groups excluding carboxylic acids is 1. The highest BCUT2D eigenvalue weighted by atomic mass is 16.1. The number of rotatable bonds is 4. The SMILES string of the molecule is C#CCC(C)C(=O)Nc1ccc(CC)cc1. The molecule has 1 rings (SSSR count). The first-order valence-electron chi connectivity index (χ1n) is 5.50. The van der Waals surface area contributed by atoms with Crippen molar-refractivity contribution < 1.29 is 4.79 Å². The molecule has 0 saturated heterocycles. The van der Waals surface area contributed by atoms with E-state index >= 15 is 0 Å². The van der Waals surface area contributed by atoms with Crippen molar-refractivity contribution in [1.82, 2.24) is 0 Å². The number of amides is 1. The Bertz CT molecular complexity index is 386. The summed E-state index contributed by atoms with van der Waals surface area (Å²) in [6, 6.07) is 7.86. The molecule has 0 bridgehead atoms. The number of aryl methyl sites for hydroxylation is 1. The minimum atomic E-state index is -0.143. The summed E-state index contributed by atoms with van der Waals surface area (Å²) < 4.78 is 0. The van der Waals surface area contributed by atoms with E-state index in [1.807, 2.05) is 31.2 Å². The number of hydrogen-bond acceptors (Lipinski definition) is 1. The topological polar surface area (TPSA) is 29.1 Å². The highest BCUT2D eigenvalue weighted by Gasteiger charge is 2.11. The minimum Gasteiger partial charge on any atom is -0.326 e. The van der Waals surface area contributed by atoms with Crippen molar-refractivity contribution in [3.8, 4) is 12.3 Å². The summed E-state index contributed by atoms with van der Waals surface area (Å²) in [5.74, 6) is 2.32. The zero-order valence-corrected chi connectivity index (χ0v) is 9.79. The number of carbonyl (C=O) groups is 1. The molecule has 84 valence electrons. The van der Waals surface area contributed by atoms with Crippen molar-refractivity contribution in [2.24, 2.45) is 5.92 Å². The molecule has 0 aromatic heterocycles. The Balaban J connectivity index is 2.59. The van der Waals surface area contributed by atoms with Gasteiger partial charge in [0.15, 0.2) is 0 Å². The molecular formula is C14H17NO. The van der Waals surface area contributed by atoms with Crippen LogP contribution in [0, 0.1) is 18.3 Å². The normalized spacial score (nSPS) is 11.6. The Labute approximate surface area is 97.1 Å². The molecule has 1 aromatic carbocycles. The van der Waals surface area contributed by atoms with Crippen LogP contribution in [0.25, 0.3) is 0 Å². The third-order valence-corrected chi connectivity index (χ3v) is 2.50. The van der Waals surface area contributed by atoms with Crippen LogP contribution in [0.3, 0.4) is 0 Å². The molecule has 0 fully saturated rings. The van der Waals surface area contributed by atoms with Crippen molar-refractivity contribution in [2.75, 3.05) is 5.32 Å². The quantitative estimate of drug-likeness (QED) is 0.769. The van der Waals surface area contributed by atoms with Gasteiger partial charge in [0.25, 0.3) is 0 Å². The molecule has 2 heteroatoms. The monoisotopic (exact) mass is 215 g/mol. The predicted octanol–water partition coefficient (Wildman–Crippen LogP) is 2.85. The Hall–Kier alpha value is -1.75. The summed E-state index contributed by atoms with van der Waals surface area (Å²) in [5.41, 5.74) is 2.08. The van der Waals surface area contributed by atoms with Gasteiger partial charge in [0.05, 0.1) is 0 Å². The van der Waals surface area contributed by atoms with E-state index in [-0.39, 0.29) is 11.8 Å². The third kappa shape index (κ3) is 3.43. The van der Waals surface area contributed by atoms with Gasteiger partial charge in [-0.05, 0) is 24.1 Å². The highest BCUT2D eigenvalue weighted by molar-refractivity contribution is 5.92. The lowest BCUT2D eigenvalue weighted by atomic mass is 10.1. The average Bonchev–Trinajstić information content (AvgIpc) is 2.30. The molecule has 0 aliphatic rings. The van der Waals surface area contributed by atoms with E-state index in [0.717, 1.165) is 12.1 Å². The second-order valence-electron chi connectivity index (χ2n) is 3.85.